The summed E-state index contributed by atoms with van der Waals surface area (Å²) in [4.78, 5) is 0. The van der Waals surface area contributed by atoms with E-state index in [0.717, 1.165) is 23.3 Å². The molecule has 0 aliphatic heterocycles. The fourth-order valence-electron chi connectivity index (χ4n) is 1.75. The lowest BCUT2D eigenvalue weighted by Gasteiger charge is -2.16. The van der Waals surface area contributed by atoms with E-state index in [9.17, 15) is 0 Å². The number of hydrogen-bond acceptors (Lipinski definition) is 3. The van der Waals surface area contributed by atoms with Gasteiger partial charge in [-0.25, -0.2) is 0 Å². The van der Waals surface area contributed by atoms with Gasteiger partial charge in [0.05, 0.1) is 22.6 Å². The van der Waals surface area contributed by atoms with Crippen molar-refractivity contribution in [2.24, 2.45) is 11.3 Å². The van der Waals surface area contributed by atoms with Gasteiger partial charge in [-0.05, 0) is 66.4 Å². The van der Waals surface area contributed by atoms with Gasteiger partial charge in [-0.1, -0.05) is 19.9 Å². The van der Waals surface area contributed by atoms with E-state index in [0.29, 0.717) is 18.9 Å². The van der Waals surface area contributed by atoms with Crippen LogP contribution in [-0.2, 0) is 6.54 Å². The molecule has 0 fully saturated rings. The lowest BCUT2D eigenvalue weighted by Crippen LogP contribution is -2.18. The van der Waals surface area contributed by atoms with Crippen LogP contribution >= 0.6 is 15.9 Å². The molecule has 1 N–H and O–H groups in total. The van der Waals surface area contributed by atoms with Gasteiger partial charge in [0.2, 0.25) is 0 Å². The average molecular weight is 353 g/mol. The average Bonchev–Trinajstić information content (AvgIpc) is 2.40. The quantitative estimate of drug-likeness (QED) is 0.748. The number of ether oxygens (including phenoxy) is 1. The first-order valence-electron chi connectivity index (χ1n) is 7.37. The van der Waals surface area contributed by atoms with Crippen molar-refractivity contribution in [1.29, 1.82) is 5.26 Å². The van der Waals surface area contributed by atoms with Gasteiger partial charge in [0.25, 0.3) is 0 Å². The molecule has 0 aliphatic rings. The van der Waals surface area contributed by atoms with Crippen molar-refractivity contribution in [2.45, 2.75) is 40.7 Å². The minimum atomic E-state index is -0.340. The molecule has 0 spiro atoms. The van der Waals surface area contributed by atoms with Crippen LogP contribution in [0.4, 0.5) is 0 Å². The van der Waals surface area contributed by atoms with Gasteiger partial charge < -0.3 is 10.1 Å². The molecule has 21 heavy (non-hydrogen) atoms. The summed E-state index contributed by atoms with van der Waals surface area (Å²) in [5, 5.41) is 12.4. The molecule has 4 heteroatoms. The molecule has 0 bridgehead atoms. The maximum atomic E-state index is 8.98. The van der Waals surface area contributed by atoms with Crippen LogP contribution in [0.2, 0.25) is 0 Å². The second-order valence-electron chi connectivity index (χ2n) is 6.38. The van der Waals surface area contributed by atoms with Crippen molar-refractivity contribution in [3.05, 3.63) is 28.2 Å². The van der Waals surface area contributed by atoms with Gasteiger partial charge in [0, 0.05) is 6.54 Å². The topological polar surface area (TPSA) is 45.0 Å². The molecular weight excluding hydrogens is 328 g/mol. The Balaban J connectivity index is 2.49. The normalized spacial score (nSPS) is 11.5. The summed E-state index contributed by atoms with van der Waals surface area (Å²) in [7, 11) is 0. The standard InChI is InChI=1S/C17H25BrN2O/c1-13(2)10-20-11-14-5-6-16(15(18)9-14)21-8-7-17(3,4)12-19/h5-6,9,13,20H,7-8,10-11H2,1-4H3. The van der Waals surface area contributed by atoms with Gasteiger partial charge in [-0.2, -0.15) is 5.26 Å². The fraction of sp³-hybridized carbons (Fsp3) is 0.588. The minimum absolute atomic E-state index is 0.340. The highest BCUT2D eigenvalue weighted by Crippen LogP contribution is 2.27. The van der Waals surface area contributed by atoms with Crippen molar-refractivity contribution in [3.8, 4) is 11.8 Å². The summed E-state index contributed by atoms with van der Waals surface area (Å²) in [5.74, 6) is 1.48. The first-order chi connectivity index (χ1) is 9.84. The van der Waals surface area contributed by atoms with Crippen molar-refractivity contribution in [1.82, 2.24) is 5.32 Å². The molecule has 0 atom stereocenters. The van der Waals surface area contributed by atoms with Gasteiger partial charge >= 0.3 is 0 Å². The molecule has 0 radical (unpaired) electrons. The highest BCUT2D eigenvalue weighted by molar-refractivity contribution is 9.10. The smallest absolute Gasteiger partial charge is 0.133 e. The Morgan fingerprint density at radius 2 is 2.10 bits per heavy atom. The predicted octanol–water partition coefficient (Wildman–Crippen LogP) is 4.51. The third-order valence-electron chi connectivity index (χ3n) is 3.17. The van der Waals surface area contributed by atoms with Gasteiger partial charge in [-0.3, -0.25) is 0 Å². The van der Waals surface area contributed by atoms with Crippen LogP contribution in [-0.4, -0.2) is 13.2 Å². The zero-order valence-electron chi connectivity index (χ0n) is 13.4. The number of benzene rings is 1. The Morgan fingerprint density at radius 1 is 1.38 bits per heavy atom. The first kappa shape index (κ1) is 18.0. The van der Waals surface area contributed by atoms with Gasteiger partial charge in [0.1, 0.15) is 5.75 Å². The number of nitriles is 1. The molecule has 0 aliphatic carbocycles. The molecule has 0 aromatic heterocycles. The molecule has 0 saturated carbocycles. The SMILES string of the molecule is CC(C)CNCc1ccc(OCCC(C)(C)C#N)c(Br)c1. The lowest BCUT2D eigenvalue weighted by atomic mass is 9.92. The van der Waals surface area contributed by atoms with Crippen LogP contribution < -0.4 is 10.1 Å². The zero-order valence-corrected chi connectivity index (χ0v) is 15.0. The van der Waals surface area contributed by atoms with Crippen molar-refractivity contribution >= 4 is 15.9 Å². The molecule has 0 amide bonds. The van der Waals surface area contributed by atoms with Crippen LogP contribution in [0.5, 0.6) is 5.75 Å². The second kappa shape index (κ2) is 8.41. The van der Waals surface area contributed by atoms with Crippen LogP contribution in [0, 0.1) is 22.7 Å². The Kier molecular flexibility index (Phi) is 7.21. The third-order valence-corrected chi connectivity index (χ3v) is 3.78. The van der Waals surface area contributed by atoms with E-state index in [1.807, 2.05) is 19.9 Å². The Labute approximate surface area is 136 Å². The highest BCUT2D eigenvalue weighted by Gasteiger charge is 2.16. The maximum absolute atomic E-state index is 8.98. The molecule has 0 unspecified atom stereocenters. The van der Waals surface area contributed by atoms with Crippen LogP contribution in [0.3, 0.4) is 0 Å². The summed E-state index contributed by atoms with van der Waals surface area (Å²) in [5.41, 5.74) is 0.889. The van der Waals surface area contributed by atoms with Crippen LogP contribution in [0.1, 0.15) is 39.7 Å². The molecule has 3 nitrogen and oxygen atoms in total. The van der Waals surface area contributed by atoms with Gasteiger partial charge in [0.15, 0.2) is 0 Å². The zero-order chi connectivity index (χ0) is 15.9. The largest absolute Gasteiger partial charge is 0.492 e. The summed E-state index contributed by atoms with van der Waals surface area (Å²) in [6.07, 6.45) is 0.716. The number of rotatable bonds is 8. The number of nitrogens with zero attached hydrogens (tertiary/aromatic N) is 1. The highest BCUT2D eigenvalue weighted by atomic mass is 79.9. The summed E-state index contributed by atoms with van der Waals surface area (Å²) in [6.45, 7) is 10.7. The van der Waals surface area contributed by atoms with Crippen molar-refractivity contribution in [3.63, 3.8) is 0 Å². The maximum Gasteiger partial charge on any atom is 0.133 e. The number of nitrogens with one attached hydrogen (secondary N) is 1. The number of hydrogen-bond donors (Lipinski definition) is 1. The van der Waals surface area contributed by atoms with E-state index in [-0.39, 0.29) is 5.41 Å². The monoisotopic (exact) mass is 352 g/mol. The van der Waals surface area contributed by atoms with Crippen LogP contribution in [0.25, 0.3) is 0 Å². The molecule has 0 heterocycles. The molecule has 0 saturated heterocycles. The summed E-state index contributed by atoms with van der Waals surface area (Å²) < 4.78 is 6.71. The lowest BCUT2D eigenvalue weighted by molar-refractivity contribution is 0.263. The minimum Gasteiger partial charge on any atom is -0.492 e. The Bertz CT molecular complexity index is 492. The molecular formula is C17H25BrN2O. The van der Waals surface area contributed by atoms with E-state index in [1.165, 1.54) is 5.56 Å². The molecule has 116 valence electrons. The third kappa shape index (κ3) is 6.97. The first-order valence-corrected chi connectivity index (χ1v) is 8.16. The summed E-state index contributed by atoms with van der Waals surface area (Å²) in [6, 6.07) is 8.42. The number of halogens is 1. The van der Waals surface area contributed by atoms with Crippen molar-refractivity contribution in [2.75, 3.05) is 13.2 Å². The van der Waals surface area contributed by atoms with Crippen LogP contribution in [0.15, 0.2) is 22.7 Å². The fourth-order valence-corrected chi connectivity index (χ4v) is 2.29. The summed E-state index contributed by atoms with van der Waals surface area (Å²) >= 11 is 3.55. The Morgan fingerprint density at radius 3 is 2.67 bits per heavy atom. The van der Waals surface area contributed by atoms with E-state index < -0.39 is 0 Å². The Hall–Kier alpha value is -1.05. The predicted molar refractivity (Wildman–Crippen MR) is 90.2 cm³/mol. The van der Waals surface area contributed by atoms with E-state index >= 15 is 0 Å². The molecule has 1 rings (SSSR count). The van der Waals surface area contributed by atoms with Gasteiger partial charge in [-0.15, -0.1) is 0 Å². The van der Waals surface area contributed by atoms with Crippen molar-refractivity contribution < 1.29 is 4.74 Å². The van der Waals surface area contributed by atoms with E-state index in [2.05, 4.69) is 53.3 Å². The van der Waals surface area contributed by atoms with E-state index in [1.54, 1.807) is 0 Å². The molecule has 1 aromatic rings. The van der Waals surface area contributed by atoms with E-state index in [4.69, 9.17) is 10.00 Å². The molecule has 1 aromatic carbocycles. The second-order valence-corrected chi connectivity index (χ2v) is 7.24.